The molecule has 132 valence electrons. The number of halogens is 1. The van der Waals surface area contributed by atoms with E-state index in [9.17, 15) is 9.18 Å². The average molecular weight is 350 g/mol. The SMILES string of the molecule is CN(Cc1ccccc1)C(=O)c1cnc(NCc2ccccc2F)nc1. The molecule has 0 bridgehead atoms. The predicted octanol–water partition coefficient (Wildman–Crippen LogP) is 3.50. The van der Waals surface area contributed by atoms with Gasteiger partial charge in [-0.3, -0.25) is 4.79 Å². The highest BCUT2D eigenvalue weighted by atomic mass is 19.1. The molecule has 0 spiro atoms. The monoisotopic (exact) mass is 350 g/mol. The van der Waals surface area contributed by atoms with Crippen LogP contribution < -0.4 is 5.32 Å². The Balaban J connectivity index is 1.60. The van der Waals surface area contributed by atoms with Crippen LogP contribution in [0.25, 0.3) is 0 Å². The van der Waals surface area contributed by atoms with E-state index in [0.29, 0.717) is 23.6 Å². The van der Waals surface area contributed by atoms with E-state index in [1.54, 1.807) is 30.1 Å². The lowest BCUT2D eigenvalue weighted by Gasteiger charge is -2.17. The van der Waals surface area contributed by atoms with Crippen LogP contribution >= 0.6 is 0 Å². The summed E-state index contributed by atoms with van der Waals surface area (Å²) in [5.41, 5.74) is 1.98. The summed E-state index contributed by atoms with van der Waals surface area (Å²) in [5.74, 6) is -0.0978. The molecule has 5 nitrogen and oxygen atoms in total. The van der Waals surface area contributed by atoms with E-state index in [4.69, 9.17) is 0 Å². The van der Waals surface area contributed by atoms with Gasteiger partial charge in [0.05, 0.1) is 5.56 Å². The van der Waals surface area contributed by atoms with Crippen LogP contribution in [-0.4, -0.2) is 27.8 Å². The molecule has 3 rings (SSSR count). The van der Waals surface area contributed by atoms with Gasteiger partial charge in [-0.1, -0.05) is 48.5 Å². The molecule has 0 saturated heterocycles. The summed E-state index contributed by atoms with van der Waals surface area (Å²) in [6, 6.07) is 16.3. The molecule has 0 radical (unpaired) electrons. The molecule has 1 aromatic heterocycles. The number of hydrogen-bond acceptors (Lipinski definition) is 4. The number of nitrogens with zero attached hydrogens (tertiary/aromatic N) is 3. The Kier molecular flexibility index (Phi) is 5.53. The van der Waals surface area contributed by atoms with Crippen molar-refractivity contribution >= 4 is 11.9 Å². The highest BCUT2D eigenvalue weighted by Gasteiger charge is 2.13. The number of rotatable bonds is 6. The number of anilines is 1. The summed E-state index contributed by atoms with van der Waals surface area (Å²) >= 11 is 0. The fraction of sp³-hybridized carbons (Fsp3) is 0.150. The maximum absolute atomic E-state index is 13.6. The Morgan fingerprint density at radius 2 is 1.69 bits per heavy atom. The lowest BCUT2D eigenvalue weighted by atomic mass is 10.2. The van der Waals surface area contributed by atoms with Crippen LogP contribution in [0, 0.1) is 5.82 Å². The van der Waals surface area contributed by atoms with Crippen molar-refractivity contribution in [2.75, 3.05) is 12.4 Å². The van der Waals surface area contributed by atoms with Crippen LogP contribution in [0.5, 0.6) is 0 Å². The molecule has 0 unspecified atom stereocenters. The van der Waals surface area contributed by atoms with Crippen LogP contribution in [0.2, 0.25) is 0 Å². The van der Waals surface area contributed by atoms with E-state index < -0.39 is 0 Å². The van der Waals surface area contributed by atoms with Gasteiger partial charge in [-0.05, 0) is 11.6 Å². The second-order valence-electron chi connectivity index (χ2n) is 5.89. The summed E-state index contributed by atoms with van der Waals surface area (Å²) in [6.07, 6.45) is 2.95. The summed E-state index contributed by atoms with van der Waals surface area (Å²) in [6.45, 7) is 0.779. The lowest BCUT2D eigenvalue weighted by Crippen LogP contribution is -2.26. The van der Waals surface area contributed by atoms with Crippen molar-refractivity contribution in [2.24, 2.45) is 0 Å². The van der Waals surface area contributed by atoms with Gasteiger partial charge in [0.15, 0.2) is 0 Å². The molecule has 6 heteroatoms. The maximum atomic E-state index is 13.6. The first-order valence-electron chi connectivity index (χ1n) is 8.22. The van der Waals surface area contributed by atoms with Crippen LogP contribution in [0.1, 0.15) is 21.5 Å². The number of benzene rings is 2. The summed E-state index contributed by atoms with van der Waals surface area (Å²) in [7, 11) is 1.74. The third-order valence-corrected chi connectivity index (χ3v) is 3.90. The van der Waals surface area contributed by atoms with Crippen molar-refractivity contribution in [3.8, 4) is 0 Å². The van der Waals surface area contributed by atoms with E-state index >= 15 is 0 Å². The zero-order valence-corrected chi connectivity index (χ0v) is 14.4. The molecule has 2 aromatic carbocycles. The minimum Gasteiger partial charge on any atom is -0.350 e. The van der Waals surface area contributed by atoms with Gasteiger partial charge in [-0.2, -0.15) is 0 Å². The van der Waals surface area contributed by atoms with Gasteiger partial charge >= 0.3 is 0 Å². The van der Waals surface area contributed by atoms with Crippen molar-refractivity contribution in [3.05, 3.63) is 89.5 Å². The fourth-order valence-corrected chi connectivity index (χ4v) is 2.50. The Morgan fingerprint density at radius 3 is 2.38 bits per heavy atom. The van der Waals surface area contributed by atoms with E-state index in [-0.39, 0.29) is 18.3 Å². The summed E-state index contributed by atoms with van der Waals surface area (Å²) < 4.78 is 13.6. The third-order valence-electron chi connectivity index (χ3n) is 3.90. The first kappa shape index (κ1) is 17.5. The highest BCUT2D eigenvalue weighted by molar-refractivity contribution is 5.93. The molecule has 3 aromatic rings. The molecule has 0 aliphatic rings. The van der Waals surface area contributed by atoms with Crippen molar-refractivity contribution < 1.29 is 9.18 Å². The minimum absolute atomic E-state index is 0.158. The number of carbonyl (C=O) groups is 1. The van der Waals surface area contributed by atoms with E-state index in [1.165, 1.54) is 18.5 Å². The van der Waals surface area contributed by atoms with Crippen LogP contribution in [0.3, 0.4) is 0 Å². The Labute approximate surface area is 151 Å². The number of nitrogens with one attached hydrogen (secondary N) is 1. The maximum Gasteiger partial charge on any atom is 0.257 e. The van der Waals surface area contributed by atoms with Crippen molar-refractivity contribution in [2.45, 2.75) is 13.1 Å². The summed E-state index contributed by atoms with van der Waals surface area (Å²) in [5, 5.41) is 2.95. The van der Waals surface area contributed by atoms with Crippen LogP contribution in [0.15, 0.2) is 67.0 Å². The number of amides is 1. The normalized spacial score (nSPS) is 10.4. The number of aromatic nitrogens is 2. The topological polar surface area (TPSA) is 58.1 Å². The number of hydrogen-bond donors (Lipinski definition) is 1. The molecule has 0 aliphatic carbocycles. The van der Waals surface area contributed by atoms with Gasteiger partial charge in [0.25, 0.3) is 5.91 Å². The van der Waals surface area contributed by atoms with E-state index in [2.05, 4.69) is 15.3 Å². The first-order chi connectivity index (χ1) is 12.6. The molecular weight excluding hydrogens is 331 g/mol. The summed E-state index contributed by atoms with van der Waals surface area (Å²) in [4.78, 5) is 22.4. The Morgan fingerprint density at radius 1 is 1.04 bits per heavy atom. The van der Waals surface area contributed by atoms with Gasteiger partial charge in [-0.25, -0.2) is 14.4 Å². The molecule has 0 fully saturated rings. The van der Waals surface area contributed by atoms with Crippen molar-refractivity contribution in [1.29, 1.82) is 0 Å². The van der Waals surface area contributed by atoms with Crippen LogP contribution in [0.4, 0.5) is 10.3 Å². The fourth-order valence-electron chi connectivity index (χ4n) is 2.50. The van der Waals surface area contributed by atoms with Gasteiger partial charge in [-0.15, -0.1) is 0 Å². The molecule has 26 heavy (non-hydrogen) atoms. The highest BCUT2D eigenvalue weighted by Crippen LogP contribution is 2.10. The molecule has 1 heterocycles. The van der Waals surface area contributed by atoms with Gasteiger partial charge in [0, 0.05) is 38.1 Å². The van der Waals surface area contributed by atoms with Gasteiger partial charge in [0.1, 0.15) is 5.82 Å². The van der Waals surface area contributed by atoms with Crippen LogP contribution in [-0.2, 0) is 13.1 Å². The molecule has 0 saturated carbocycles. The van der Waals surface area contributed by atoms with Crippen molar-refractivity contribution in [1.82, 2.24) is 14.9 Å². The second-order valence-corrected chi connectivity index (χ2v) is 5.89. The second kappa shape index (κ2) is 8.20. The molecule has 1 amide bonds. The largest absolute Gasteiger partial charge is 0.350 e. The smallest absolute Gasteiger partial charge is 0.257 e. The van der Waals surface area contributed by atoms with Gasteiger partial charge in [0.2, 0.25) is 5.95 Å². The first-order valence-corrected chi connectivity index (χ1v) is 8.22. The lowest BCUT2D eigenvalue weighted by molar-refractivity contribution is 0.0784. The van der Waals surface area contributed by atoms with Crippen molar-refractivity contribution in [3.63, 3.8) is 0 Å². The Hall–Kier alpha value is -3.28. The third kappa shape index (κ3) is 4.42. The number of carbonyl (C=O) groups excluding carboxylic acids is 1. The van der Waals surface area contributed by atoms with E-state index in [1.807, 2.05) is 30.3 Å². The Bertz CT molecular complexity index is 868. The molecule has 0 aliphatic heterocycles. The standard InChI is InChI=1S/C20H19FN4O/c1-25(14-15-7-3-2-4-8-15)19(26)17-12-23-20(24-13-17)22-11-16-9-5-6-10-18(16)21/h2-10,12-13H,11,14H2,1H3,(H,22,23,24). The molecule has 0 atom stereocenters. The predicted molar refractivity (Wildman–Crippen MR) is 98.0 cm³/mol. The molecular formula is C20H19FN4O. The zero-order chi connectivity index (χ0) is 18.4. The zero-order valence-electron chi connectivity index (χ0n) is 14.4. The van der Waals surface area contributed by atoms with E-state index in [0.717, 1.165) is 5.56 Å². The van der Waals surface area contributed by atoms with Gasteiger partial charge < -0.3 is 10.2 Å². The molecule has 1 N–H and O–H groups in total. The average Bonchev–Trinajstić information content (AvgIpc) is 2.68. The quantitative estimate of drug-likeness (QED) is 0.739. The minimum atomic E-state index is -0.283.